The molecule has 0 saturated carbocycles. The minimum atomic E-state index is 0.0271. The molecule has 1 fully saturated rings. The topological polar surface area (TPSA) is 53.6 Å². The molecule has 5 nitrogen and oxygen atoms in total. The summed E-state index contributed by atoms with van der Waals surface area (Å²) in [4.78, 5) is 14.5. The summed E-state index contributed by atoms with van der Waals surface area (Å²) >= 11 is 0. The van der Waals surface area contributed by atoms with Crippen LogP contribution in [0.5, 0.6) is 5.75 Å². The van der Waals surface area contributed by atoms with Crippen molar-refractivity contribution in [2.75, 3.05) is 45.2 Å². The zero-order chi connectivity index (χ0) is 15.8. The van der Waals surface area contributed by atoms with Gasteiger partial charge < -0.3 is 15.4 Å². The lowest BCUT2D eigenvalue weighted by Crippen LogP contribution is -2.40. The highest BCUT2D eigenvalue weighted by Gasteiger charge is 2.20. The highest BCUT2D eigenvalue weighted by atomic mass is 16.5. The number of nitrogens with zero attached hydrogens (tertiary/aromatic N) is 1. The van der Waals surface area contributed by atoms with Gasteiger partial charge in [-0.15, -0.1) is 0 Å². The molecular weight excluding hydrogens is 278 g/mol. The van der Waals surface area contributed by atoms with Crippen LogP contribution in [0.25, 0.3) is 0 Å². The molecule has 1 aliphatic heterocycles. The van der Waals surface area contributed by atoms with E-state index in [0.29, 0.717) is 13.2 Å². The van der Waals surface area contributed by atoms with E-state index < -0.39 is 0 Å². The summed E-state index contributed by atoms with van der Waals surface area (Å²) in [6, 6.07) is 7.57. The van der Waals surface area contributed by atoms with E-state index in [0.717, 1.165) is 49.8 Å². The minimum Gasteiger partial charge on any atom is -0.492 e. The van der Waals surface area contributed by atoms with Crippen molar-refractivity contribution >= 4 is 11.6 Å². The lowest BCUT2D eigenvalue weighted by atomic mass is 9.97. The number of piperidine rings is 1. The Morgan fingerprint density at radius 2 is 2.05 bits per heavy atom. The van der Waals surface area contributed by atoms with Crippen LogP contribution < -0.4 is 15.4 Å². The molecular formula is C17H27N3O2. The lowest BCUT2D eigenvalue weighted by Gasteiger charge is -2.31. The second-order valence-corrected chi connectivity index (χ2v) is 5.75. The van der Waals surface area contributed by atoms with Gasteiger partial charge in [-0.25, -0.2) is 0 Å². The number of nitrogens with one attached hydrogen (secondary N) is 2. The first-order chi connectivity index (χ1) is 10.7. The van der Waals surface area contributed by atoms with Crippen molar-refractivity contribution in [1.29, 1.82) is 0 Å². The smallest absolute Gasteiger partial charge is 0.238 e. The van der Waals surface area contributed by atoms with Gasteiger partial charge in [-0.05, 0) is 64.5 Å². The Labute approximate surface area is 133 Å². The Bertz CT molecular complexity index is 471. The van der Waals surface area contributed by atoms with Gasteiger partial charge >= 0.3 is 0 Å². The number of ether oxygens (including phenoxy) is 1. The Morgan fingerprint density at radius 1 is 1.32 bits per heavy atom. The molecule has 0 atom stereocenters. The van der Waals surface area contributed by atoms with Gasteiger partial charge in [0.25, 0.3) is 0 Å². The van der Waals surface area contributed by atoms with Crippen LogP contribution in [0.1, 0.15) is 19.8 Å². The molecule has 0 aromatic heterocycles. The number of benzene rings is 1. The molecule has 2 N–H and O–H groups in total. The highest BCUT2D eigenvalue weighted by Crippen LogP contribution is 2.23. The number of carbonyl (C=O) groups is 1. The molecule has 122 valence electrons. The fraction of sp³-hybridized carbons (Fsp3) is 0.588. The fourth-order valence-corrected chi connectivity index (χ4v) is 2.88. The predicted octanol–water partition coefficient (Wildman–Crippen LogP) is 1.96. The molecule has 0 unspecified atom stereocenters. The van der Waals surface area contributed by atoms with E-state index in [-0.39, 0.29) is 5.91 Å². The summed E-state index contributed by atoms with van der Waals surface area (Å²) in [5.74, 6) is 1.49. The largest absolute Gasteiger partial charge is 0.492 e. The third-order valence-corrected chi connectivity index (χ3v) is 4.03. The normalized spacial score (nSPS) is 16.5. The molecule has 1 aliphatic rings. The van der Waals surface area contributed by atoms with Crippen molar-refractivity contribution in [2.24, 2.45) is 5.92 Å². The molecule has 0 bridgehead atoms. The van der Waals surface area contributed by atoms with Gasteiger partial charge in [-0.2, -0.15) is 0 Å². The van der Waals surface area contributed by atoms with Gasteiger partial charge in [0.05, 0.1) is 18.8 Å². The molecule has 1 aromatic rings. The van der Waals surface area contributed by atoms with Crippen LogP contribution in [0.15, 0.2) is 24.3 Å². The summed E-state index contributed by atoms with van der Waals surface area (Å²) in [7, 11) is 2.00. The lowest BCUT2D eigenvalue weighted by molar-refractivity contribution is -0.117. The van der Waals surface area contributed by atoms with Crippen molar-refractivity contribution < 1.29 is 9.53 Å². The van der Waals surface area contributed by atoms with Crippen LogP contribution in [0.3, 0.4) is 0 Å². The maximum absolute atomic E-state index is 12.2. The highest BCUT2D eigenvalue weighted by molar-refractivity contribution is 5.93. The Morgan fingerprint density at radius 3 is 2.73 bits per heavy atom. The third-order valence-electron chi connectivity index (χ3n) is 4.03. The Hall–Kier alpha value is -1.59. The summed E-state index contributed by atoms with van der Waals surface area (Å²) in [5.41, 5.74) is 0.749. The first-order valence-electron chi connectivity index (χ1n) is 8.11. The van der Waals surface area contributed by atoms with Crippen LogP contribution in [0, 0.1) is 5.92 Å². The van der Waals surface area contributed by atoms with E-state index in [1.807, 2.05) is 38.2 Å². The van der Waals surface area contributed by atoms with Gasteiger partial charge in [-0.1, -0.05) is 12.1 Å². The van der Waals surface area contributed by atoms with E-state index in [2.05, 4.69) is 15.5 Å². The Balaban J connectivity index is 1.81. The maximum Gasteiger partial charge on any atom is 0.238 e. The van der Waals surface area contributed by atoms with Crippen LogP contribution >= 0.6 is 0 Å². The summed E-state index contributed by atoms with van der Waals surface area (Å²) < 4.78 is 5.53. The van der Waals surface area contributed by atoms with Gasteiger partial charge in [0, 0.05) is 0 Å². The second-order valence-electron chi connectivity index (χ2n) is 5.75. The van der Waals surface area contributed by atoms with Crippen molar-refractivity contribution in [3.05, 3.63) is 24.3 Å². The zero-order valence-electron chi connectivity index (χ0n) is 13.6. The molecule has 5 heteroatoms. The molecule has 2 rings (SSSR count). The molecule has 0 aliphatic carbocycles. The molecule has 1 heterocycles. The Kier molecular flexibility index (Phi) is 6.68. The summed E-state index contributed by atoms with van der Waals surface area (Å²) in [6.45, 7) is 6.04. The average Bonchev–Trinajstić information content (AvgIpc) is 2.52. The molecule has 1 saturated heterocycles. The van der Waals surface area contributed by atoms with E-state index >= 15 is 0 Å². The monoisotopic (exact) mass is 305 g/mol. The van der Waals surface area contributed by atoms with Gasteiger partial charge in [-0.3, -0.25) is 9.69 Å². The van der Waals surface area contributed by atoms with Gasteiger partial charge in [0.1, 0.15) is 5.75 Å². The number of carbonyl (C=O) groups excluding carboxylic acids is 1. The van der Waals surface area contributed by atoms with Crippen LogP contribution in [-0.4, -0.2) is 50.6 Å². The molecule has 0 radical (unpaired) electrons. The number of amides is 1. The van der Waals surface area contributed by atoms with Crippen molar-refractivity contribution in [3.8, 4) is 5.75 Å². The first kappa shape index (κ1) is 16.8. The van der Waals surface area contributed by atoms with Gasteiger partial charge in [0.15, 0.2) is 0 Å². The average molecular weight is 305 g/mol. The van der Waals surface area contributed by atoms with E-state index in [1.54, 1.807) is 0 Å². The number of likely N-dealkylation sites (tertiary alicyclic amines) is 1. The first-order valence-corrected chi connectivity index (χ1v) is 8.11. The molecule has 0 spiro atoms. The number of rotatable bonds is 7. The summed E-state index contributed by atoms with van der Waals surface area (Å²) in [6.07, 6.45) is 2.31. The predicted molar refractivity (Wildman–Crippen MR) is 89.3 cm³/mol. The SMILES string of the molecule is CCOc1ccccc1NC(=O)CN1CCC(CNC)CC1. The standard InChI is InChI=1S/C17H27N3O2/c1-3-22-16-7-5-4-6-15(16)19-17(21)13-20-10-8-14(9-11-20)12-18-2/h4-7,14,18H,3,8-13H2,1-2H3,(H,19,21). The second kappa shape index (κ2) is 8.76. The summed E-state index contributed by atoms with van der Waals surface area (Å²) in [5, 5.41) is 6.19. The molecule has 22 heavy (non-hydrogen) atoms. The number of anilines is 1. The van der Waals surface area contributed by atoms with Crippen LogP contribution in [-0.2, 0) is 4.79 Å². The van der Waals surface area contributed by atoms with Crippen molar-refractivity contribution in [3.63, 3.8) is 0 Å². The number of hydrogen-bond acceptors (Lipinski definition) is 4. The molecule has 1 aromatic carbocycles. The van der Waals surface area contributed by atoms with Crippen molar-refractivity contribution in [1.82, 2.24) is 10.2 Å². The van der Waals surface area contributed by atoms with Crippen molar-refractivity contribution in [2.45, 2.75) is 19.8 Å². The maximum atomic E-state index is 12.2. The van der Waals surface area contributed by atoms with E-state index in [9.17, 15) is 4.79 Å². The van der Waals surface area contributed by atoms with Crippen LogP contribution in [0.4, 0.5) is 5.69 Å². The quantitative estimate of drug-likeness (QED) is 0.808. The van der Waals surface area contributed by atoms with Gasteiger partial charge in [0.2, 0.25) is 5.91 Å². The van der Waals surface area contributed by atoms with E-state index in [4.69, 9.17) is 4.74 Å². The third kappa shape index (κ3) is 5.00. The number of hydrogen-bond donors (Lipinski definition) is 2. The van der Waals surface area contributed by atoms with E-state index in [1.165, 1.54) is 0 Å². The zero-order valence-corrected chi connectivity index (χ0v) is 13.6. The fourth-order valence-electron chi connectivity index (χ4n) is 2.88. The van der Waals surface area contributed by atoms with Crippen LogP contribution in [0.2, 0.25) is 0 Å². The molecule has 1 amide bonds. The number of para-hydroxylation sites is 2. The minimum absolute atomic E-state index is 0.0271.